The van der Waals surface area contributed by atoms with E-state index in [0.29, 0.717) is 41.7 Å². The summed E-state index contributed by atoms with van der Waals surface area (Å²) in [5, 5.41) is 9.52. The van der Waals surface area contributed by atoms with Crippen LogP contribution in [-0.2, 0) is 6.42 Å². The van der Waals surface area contributed by atoms with Gasteiger partial charge < -0.3 is 28.6 Å². The first-order chi connectivity index (χ1) is 17.2. The molecule has 2 aromatic carbocycles. The number of pyridine rings is 1. The highest BCUT2D eigenvalue weighted by atomic mass is 16.6. The molecule has 2 atom stereocenters. The van der Waals surface area contributed by atoms with Gasteiger partial charge in [0, 0.05) is 23.9 Å². The molecule has 2 unspecified atom stereocenters. The summed E-state index contributed by atoms with van der Waals surface area (Å²) in [6.45, 7) is 6.95. The van der Waals surface area contributed by atoms with Crippen LogP contribution in [0.1, 0.15) is 42.7 Å². The summed E-state index contributed by atoms with van der Waals surface area (Å²) in [6, 6.07) is 12.7. The Morgan fingerprint density at radius 1 is 1.14 bits per heavy atom. The Bertz CT molecular complexity index is 1390. The molecule has 8 nitrogen and oxygen atoms in total. The van der Waals surface area contributed by atoms with Crippen LogP contribution in [0, 0.1) is 5.41 Å². The lowest BCUT2D eigenvalue weighted by molar-refractivity contribution is 0.0527. The smallest absolute Gasteiger partial charge is 0.341 e. The van der Waals surface area contributed by atoms with E-state index < -0.39 is 11.4 Å². The molecule has 0 amide bonds. The Kier molecular flexibility index (Phi) is 5.90. The molecule has 0 bridgehead atoms. The summed E-state index contributed by atoms with van der Waals surface area (Å²) in [5.41, 5.74) is 1.53. The lowest BCUT2D eigenvalue weighted by Gasteiger charge is -2.39. The van der Waals surface area contributed by atoms with Gasteiger partial charge in [-0.1, -0.05) is 32.9 Å². The van der Waals surface area contributed by atoms with Crippen molar-refractivity contribution in [2.75, 3.05) is 20.3 Å². The van der Waals surface area contributed by atoms with E-state index in [0.717, 1.165) is 11.1 Å². The van der Waals surface area contributed by atoms with Gasteiger partial charge in [0.05, 0.1) is 12.8 Å². The van der Waals surface area contributed by atoms with Crippen molar-refractivity contribution in [1.29, 1.82) is 0 Å². The Balaban J connectivity index is 1.49. The maximum Gasteiger partial charge on any atom is 0.341 e. The summed E-state index contributed by atoms with van der Waals surface area (Å²) >= 11 is 0. The molecule has 0 spiro atoms. The minimum absolute atomic E-state index is 0.0634. The monoisotopic (exact) mass is 491 g/mol. The van der Waals surface area contributed by atoms with Crippen LogP contribution >= 0.6 is 0 Å². The maximum absolute atomic E-state index is 12.6. The fourth-order valence-electron chi connectivity index (χ4n) is 4.82. The van der Waals surface area contributed by atoms with Gasteiger partial charge in [-0.15, -0.1) is 0 Å². The van der Waals surface area contributed by atoms with E-state index in [2.05, 4.69) is 20.8 Å². The lowest BCUT2D eigenvalue weighted by Crippen LogP contribution is -2.34. The van der Waals surface area contributed by atoms with Gasteiger partial charge >= 0.3 is 5.97 Å². The summed E-state index contributed by atoms with van der Waals surface area (Å²) in [7, 11) is 1.56. The number of ether oxygens (including phenoxy) is 4. The second-order valence-corrected chi connectivity index (χ2v) is 10.2. The number of aromatic carboxylic acids is 1. The molecule has 2 aliphatic rings. The van der Waals surface area contributed by atoms with E-state index in [1.807, 2.05) is 41.0 Å². The minimum atomic E-state index is -1.23. The summed E-state index contributed by atoms with van der Waals surface area (Å²) in [6.07, 6.45) is 1.83. The quantitative estimate of drug-likeness (QED) is 0.558. The lowest BCUT2D eigenvalue weighted by atomic mass is 9.78. The minimum Gasteiger partial charge on any atom is -0.493 e. The van der Waals surface area contributed by atoms with Crippen molar-refractivity contribution in [1.82, 2.24) is 4.57 Å². The van der Waals surface area contributed by atoms with Gasteiger partial charge in [0.25, 0.3) is 0 Å². The molecule has 2 aliphatic heterocycles. The molecule has 0 saturated heterocycles. The topological polar surface area (TPSA) is 96.2 Å². The van der Waals surface area contributed by atoms with Gasteiger partial charge in [0.15, 0.2) is 34.5 Å². The highest BCUT2D eigenvalue weighted by molar-refractivity contribution is 5.88. The molecule has 0 saturated carbocycles. The number of aromatic nitrogens is 1. The fraction of sp³-hybridized carbons (Fsp3) is 0.357. The van der Waals surface area contributed by atoms with Crippen LogP contribution in [-0.4, -0.2) is 42.1 Å². The second kappa shape index (κ2) is 8.93. The molecule has 188 valence electrons. The van der Waals surface area contributed by atoms with Crippen LogP contribution < -0.4 is 24.4 Å². The van der Waals surface area contributed by atoms with E-state index >= 15 is 0 Å². The molecule has 0 fully saturated rings. The number of para-hydroxylation sites is 2. The van der Waals surface area contributed by atoms with Crippen molar-refractivity contribution in [3.05, 3.63) is 70.0 Å². The van der Waals surface area contributed by atoms with E-state index in [1.54, 1.807) is 7.11 Å². The Hall–Kier alpha value is -3.94. The van der Waals surface area contributed by atoms with Gasteiger partial charge in [0.1, 0.15) is 18.8 Å². The number of carboxylic acids is 1. The fourth-order valence-corrected chi connectivity index (χ4v) is 4.82. The summed E-state index contributed by atoms with van der Waals surface area (Å²) in [5.74, 6) is 1.26. The molecular weight excluding hydrogens is 462 g/mol. The normalized spacial score (nSPS) is 18.1. The third-order valence-electron chi connectivity index (χ3n) is 6.72. The average Bonchev–Trinajstić information content (AvgIpc) is 2.85. The standard InChI is InChI=1S/C28H29NO7/c1-28(2,3)26-10-16-9-25(35-15-17-14-34-22-7-5-6-8-23(22)36-17)24(33-4)11-18(16)20-12-21(30)19(27(31)32)13-29(20)26/h5-9,11-13,17,26H,10,14-15H2,1-4H3,(H,31,32). The van der Waals surface area contributed by atoms with Crippen molar-refractivity contribution >= 4 is 5.97 Å². The molecule has 3 aromatic rings. The van der Waals surface area contributed by atoms with Crippen LogP contribution in [0.3, 0.4) is 0 Å². The van der Waals surface area contributed by atoms with Crippen molar-refractivity contribution < 1.29 is 28.8 Å². The molecule has 36 heavy (non-hydrogen) atoms. The highest BCUT2D eigenvalue weighted by Crippen LogP contribution is 2.45. The number of hydrogen-bond acceptors (Lipinski definition) is 6. The Morgan fingerprint density at radius 2 is 1.89 bits per heavy atom. The van der Waals surface area contributed by atoms with Crippen molar-refractivity contribution in [2.24, 2.45) is 5.41 Å². The molecule has 0 radical (unpaired) electrons. The van der Waals surface area contributed by atoms with E-state index in [9.17, 15) is 14.7 Å². The van der Waals surface area contributed by atoms with Gasteiger partial charge in [-0.25, -0.2) is 4.79 Å². The van der Waals surface area contributed by atoms with Gasteiger partial charge in [-0.2, -0.15) is 0 Å². The molecule has 3 heterocycles. The number of fused-ring (bicyclic) bond motifs is 4. The molecular formula is C28H29NO7. The molecule has 8 heteroatoms. The number of carboxylic acid groups (broad SMARTS) is 1. The number of carbonyl (C=O) groups is 1. The molecule has 5 rings (SSSR count). The van der Waals surface area contributed by atoms with Crippen molar-refractivity contribution in [3.8, 4) is 34.3 Å². The third kappa shape index (κ3) is 4.27. The second-order valence-electron chi connectivity index (χ2n) is 10.2. The molecule has 0 aliphatic carbocycles. The van der Waals surface area contributed by atoms with E-state index in [1.165, 1.54) is 12.3 Å². The van der Waals surface area contributed by atoms with Crippen LogP contribution in [0.2, 0.25) is 0 Å². The maximum atomic E-state index is 12.6. The SMILES string of the molecule is COc1cc2c(cc1OCC1COc3ccccc3O1)CC(C(C)(C)C)n1cc(C(=O)O)c(=O)cc1-2. The Morgan fingerprint density at radius 3 is 2.58 bits per heavy atom. The largest absolute Gasteiger partial charge is 0.493 e. The van der Waals surface area contributed by atoms with E-state index in [-0.39, 0.29) is 29.7 Å². The molecule has 1 aromatic heterocycles. The van der Waals surface area contributed by atoms with Crippen LogP contribution in [0.5, 0.6) is 23.0 Å². The highest BCUT2D eigenvalue weighted by Gasteiger charge is 2.34. The zero-order valence-corrected chi connectivity index (χ0v) is 20.7. The predicted molar refractivity (Wildman–Crippen MR) is 134 cm³/mol. The third-order valence-corrected chi connectivity index (χ3v) is 6.72. The first kappa shape index (κ1) is 23.8. The van der Waals surface area contributed by atoms with Crippen molar-refractivity contribution in [3.63, 3.8) is 0 Å². The number of methoxy groups -OCH3 is 1. The summed E-state index contributed by atoms with van der Waals surface area (Å²) < 4.78 is 25.5. The van der Waals surface area contributed by atoms with Crippen LogP contribution in [0.4, 0.5) is 0 Å². The number of hydrogen-bond donors (Lipinski definition) is 1. The Labute approximate surface area is 209 Å². The zero-order chi connectivity index (χ0) is 25.6. The van der Waals surface area contributed by atoms with Gasteiger partial charge in [-0.05, 0) is 41.7 Å². The first-order valence-electron chi connectivity index (χ1n) is 11.9. The number of nitrogens with zero attached hydrogens (tertiary/aromatic N) is 1. The predicted octanol–water partition coefficient (Wildman–Crippen LogP) is 4.58. The molecule has 1 N–H and O–H groups in total. The zero-order valence-electron chi connectivity index (χ0n) is 20.7. The average molecular weight is 492 g/mol. The number of benzene rings is 2. The van der Waals surface area contributed by atoms with Crippen LogP contribution in [0.15, 0.2) is 53.5 Å². The number of rotatable bonds is 5. The van der Waals surface area contributed by atoms with Crippen LogP contribution in [0.25, 0.3) is 11.3 Å². The van der Waals surface area contributed by atoms with E-state index in [4.69, 9.17) is 18.9 Å². The van der Waals surface area contributed by atoms with Gasteiger partial charge in [0.2, 0.25) is 0 Å². The van der Waals surface area contributed by atoms with Crippen molar-refractivity contribution in [2.45, 2.75) is 39.3 Å². The van der Waals surface area contributed by atoms with Gasteiger partial charge in [-0.3, -0.25) is 4.79 Å². The summed E-state index contributed by atoms with van der Waals surface area (Å²) in [4.78, 5) is 24.3. The first-order valence-corrected chi connectivity index (χ1v) is 11.9.